The Balaban J connectivity index is 1.54. The molecule has 0 aromatic heterocycles. The highest BCUT2D eigenvalue weighted by Crippen LogP contribution is 2.22. The van der Waals surface area contributed by atoms with Crippen molar-refractivity contribution < 1.29 is 27.4 Å². The van der Waals surface area contributed by atoms with Crippen molar-refractivity contribution in [3.63, 3.8) is 0 Å². The lowest BCUT2D eigenvalue weighted by molar-refractivity contribution is -0.274. The number of halogens is 3. The van der Waals surface area contributed by atoms with Crippen molar-refractivity contribution in [3.8, 4) is 11.5 Å². The van der Waals surface area contributed by atoms with Crippen LogP contribution in [-0.4, -0.2) is 18.5 Å². The zero-order chi connectivity index (χ0) is 21.4. The Labute approximate surface area is 170 Å². The van der Waals surface area contributed by atoms with Crippen LogP contribution in [0.4, 0.5) is 13.2 Å². The predicted octanol–water partition coefficient (Wildman–Crippen LogP) is 4.93. The highest BCUT2D eigenvalue weighted by atomic mass is 19.4. The maximum atomic E-state index is 12.2. The summed E-state index contributed by atoms with van der Waals surface area (Å²) in [6.07, 6.45) is -3.35. The van der Waals surface area contributed by atoms with Crippen LogP contribution in [0.2, 0.25) is 0 Å². The summed E-state index contributed by atoms with van der Waals surface area (Å²) in [7, 11) is 0. The molecule has 3 aromatic rings. The van der Waals surface area contributed by atoms with Crippen LogP contribution in [0.25, 0.3) is 0 Å². The Bertz CT molecular complexity index is 1000. The lowest BCUT2D eigenvalue weighted by Crippen LogP contribution is -2.19. The molecule has 0 aliphatic heterocycles. The van der Waals surface area contributed by atoms with E-state index in [9.17, 15) is 18.0 Å². The minimum Gasteiger partial charge on any atom is -0.489 e. The molecule has 0 bridgehead atoms. The van der Waals surface area contributed by atoms with Crippen LogP contribution in [-0.2, 0) is 6.61 Å². The number of alkyl halides is 3. The molecule has 3 aromatic carbocycles. The molecule has 0 aliphatic carbocycles. The molecule has 5 nitrogen and oxygen atoms in total. The van der Waals surface area contributed by atoms with Crippen LogP contribution in [0.15, 0.2) is 84.0 Å². The first kappa shape index (κ1) is 20.9. The quantitative estimate of drug-likeness (QED) is 0.441. The molecule has 0 spiro atoms. The van der Waals surface area contributed by atoms with Gasteiger partial charge in [0.05, 0.1) is 6.21 Å². The van der Waals surface area contributed by atoms with Gasteiger partial charge in [-0.3, -0.25) is 4.79 Å². The van der Waals surface area contributed by atoms with Crippen LogP contribution in [0.5, 0.6) is 11.5 Å². The van der Waals surface area contributed by atoms with Crippen LogP contribution < -0.4 is 14.9 Å². The summed E-state index contributed by atoms with van der Waals surface area (Å²) >= 11 is 0. The van der Waals surface area contributed by atoms with Gasteiger partial charge in [-0.15, -0.1) is 13.2 Å². The predicted molar refractivity (Wildman–Crippen MR) is 105 cm³/mol. The first-order chi connectivity index (χ1) is 14.4. The van der Waals surface area contributed by atoms with Gasteiger partial charge in [0, 0.05) is 5.56 Å². The number of carbonyl (C=O) groups is 1. The minimum atomic E-state index is -4.78. The summed E-state index contributed by atoms with van der Waals surface area (Å²) in [6, 6.07) is 21.4. The fourth-order valence-electron chi connectivity index (χ4n) is 2.46. The van der Waals surface area contributed by atoms with E-state index in [0.717, 1.165) is 17.7 Å². The molecule has 0 fully saturated rings. The van der Waals surface area contributed by atoms with Crippen molar-refractivity contribution >= 4 is 12.1 Å². The number of rotatable bonds is 7. The van der Waals surface area contributed by atoms with Gasteiger partial charge in [0.2, 0.25) is 0 Å². The van der Waals surface area contributed by atoms with Crippen LogP contribution in [0, 0.1) is 0 Å². The van der Waals surface area contributed by atoms with Crippen molar-refractivity contribution in [3.05, 3.63) is 95.6 Å². The van der Waals surface area contributed by atoms with Gasteiger partial charge in [0.1, 0.15) is 18.1 Å². The Morgan fingerprint density at radius 3 is 2.37 bits per heavy atom. The molecule has 0 saturated heterocycles. The molecule has 1 N–H and O–H groups in total. The molecule has 0 unspecified atom stereocenters. The summed E-state index contributed by atoms with van der Waals surface area (Å²) in [5.74, 6) is -0.328. The van der Waals surface area contributed by atoms with Gasteiger partial charge < -0.3 is 9.47 Å². The molecule has 8 heteroatoms. The van der Waals surface area contributed by atoms with E-state index in [2.05, 4.69) is 15.3 Å². The summed E-state index contributed by atoms with van der Waals surface area (Å²) in [6.45, 7) is 0.423. The Morgan fingerprint density at radius 2 is 1.67 bits per heavy atom. The van der Waals surface area contributed by atoms with Gasteiger partial charge in [-0.25, -0.2) is 5.43 Å². The van der Waals surface area contributed by atoms with E-state index in [1.807, 2.05) is 36.4 Å². The molecule has 3 rings (SSSR count). The van der Waals surface area contributed by atoms with E-state index in [0.29, 0.717) is 17.9 Å². The van der Waals surface area contributed by atoms with Gasteiger partial charge in [-0.2, -0.15) is 5.10 Å². The molecule has 30 heavy (non-hydrogen) atoms. The summed E-state index contributed by atoms with van der Waals surface area (Å²) < 4.78 is 46.0. The molecule has 0 radical (unpaired) electrons. The monoisotopic (exact) mass is 414 g/mol. The van der Waals surface area contributed by atoms with Gasteiger partial charge in [-0.1, -0.05) is 42.5 Å². The van der Waals surface area contributed by atoms with E-state index in [1.54, 1.807) is 18.2 Å². The second-order valence-corrected chi connectivity index (χ2v) is 6.12. The average Bonchev–Trinajstić information content (AvgIpc) is 2.73. The Morgan fingerprint density at radius 1 is 0.933 bits per heavy atom. The number of amides is 1. The largest absolute Gasteiger partial charge is 0.573 e. The molecular weight excluding hydrogens is 397 g/mol. The maximum Gasteiger partial charge on any atom is 0.573 e. The van der Waals surface area contributed by atoms with E-state index in [4.69, 9.17) is 4.74 Å². The number of hydrogen-bond acceptors (Lipinski definition) is 4. The van der Waals surface area contributed by atoms with E-state index >= 15 is 0 Å². The van der Waals surface area contributed by atoms with Crippen molar-refractivity contribution in [2.75, 3.05) is 0 Å². The number of nitrogens with zero attached hydrogens (tertiary/aromatic N) is 1. The number of nitrogens with one attached hydrogen (secondary N) is 1. The molecule has 0 atom stereocenters. The molecule has 0 aliphatic rings. The lowest BCUT2D eigenvalue weighted by Gasteiger charge is -2.08. The highest BCUT2D eigenvalue weighted by Gasteiger charge is 2.31. The number of benzene rings is 3. The van der Waals surface area contributed by atoms with Crippen molar-refractivity contribution in [1.82, 2.24) is 5.43 Å². The fourth-order valence-corrected chi connectivity index (χ4v) is 2.46. The van der Waals surface area contributed by atoms with Crippen molar-refractivity contribution in [2.24, 2.45) is 5.10 Å². The zero-order valence-corrected chi connectivity index (χ0v) is 15.6. The van der Waals surface area contributed by atoms with Crippen molar-refractivity contribution in [2.45, 2.75) is 13.0 Å². The number of carbonyl (C=O) groups excluding carboxylic acids is 1. The first-order valence-corrected chi connectivity index (χ1v) is 8.85. The summed E-state index contributed by atoms with van der Waals surface area (Å²) in [5, 5.41) is 3.87. The fraction of sp³-hybridized carbons (Fsp3) is 0.0909. The van der Waals surface area contributed by atoms with Gasteiger partial charge in [0.25, 0.3) is 5.91 Å². The Hall–Kier alpha value is -3.81. The third-order valence-corrected chi connectivity index (χ3v) is 3.84. The molecule has 154 valence electrons. The molecule has 1 amide bonds. The lowest BCUT2D eigenvalue weighted by atomic mass is 10.2. The third-order valence-electron chi connectivity index (χ3n) is 3.84. The average molecular weight is 414 g/mol. The Kier molecular flexibility index (Phi) is 6.69. The first-order valence-electron chi connectivity index (χ1n) is 8.85. The molecule has 0 saturated carbocycles. The molecule has 0 heterocycles. The van der Waals surface area contributed by atoms with Crippen LogP contribution >= 0.6 is 0 Å². The smallest absolute Gasteiger partial charge is 0.489 e. The summed E-state index contributed by atoms with van der Waals surface area (Å²) in [5.41, 5.74) is 4.20. The number of ether oxygens (including phenoxy) is 2. The maximum absolute atomic E-state index is 12.2. The van der Waals surface area contributed by atoms with Gasteiger partial charge in [-0.05, 0) is 47.5 Å². The van der Waals surface area contributed by atoms with E-state index in [1.165, 1.54) is 18.3 Å². The number of hydrogen-bond donors (Lipinski definition) is 1. The van der Waals surface area contributed by atoms with Crippen molar-refractivity contribution in [1.29, 1.82) is 0 Å². The van der Waals surface area contributed by atoms with E-state index in [-0.39, 0.29) is 5.56 Å². The minimum absolute atomic E-state index is 0.140. The summed E-state index contributed by atoms with van der Waals surface area (Å²) in [4.78, 5) is 12.0. The van der Waals surface area contributed by atoms with Gasteiger partial charge >= 0.3 is 6.36 Å². The number of hydrazone groups is 1. The SMILES string of the molecule is O=C(N/N=C/c1cccc(OCc2ccccc2)c1)c1ccc(OC(F)(F)F)cc1. The zero-order valence-electron chi connectivity index (χ0n) is 15.6. The second kappa shape index (κ2) is 9.60. The normalized spacial score (nSPS) is 11.3. The second-order valence-electron chi connectivity index (χ2n) is 6.12. The topological polar surface area (TPSA) is 59.9 Å². The highest BCUT2D eigenvalue weighted by molar-refractivity contribution is 5.95. The van der Waals surface area contributed by atoms with E-state index < -0.39 is 18.0 Å². The van der Waals surface area contributed by atoms with Crippen LogP contribution in [0.1, 0.15) is 21.5 Å². The standard InChI is InChI=1S/C22H17F3N2O3/c23-22(24,25)30-19-11-9-18(10-12-19)21(28)27-26-14-17-7-4-8-20(13-17)29-15-16-5-2-1-3-6-16/h1-14H,15H2,(H,27,28)/b26-14+. The van der Waals surface area contributed by atoms with Gasteiger partial charge in [0.15, 0.2) is 0 Å². The molecular formula is C22H17F3N2O3. The van der Waals surface area contributed by atoms with Crippen LogP contribution in [0.3, 0.4) is 0 Å². The third kappa shape index (κ3) is 6.66.